The summed E-state index contributed by atoms with van der Waals surface area (Å²) in [6.45, 7) is 0. The summed E-state index contributed by atoms with van der Waals surface area (Å²) in [6, 6.07) is 9.89. The van der Waals surface area contributed by atoms with Crippen LogP contribution >= 0.6 is 31.9 Å². The summed E-state index contributed by atoms with van der Waals surface area (Å²) < 4.78 is 27.6. The molecule has 0 fully saturated rings. The molecule has 0 aliphatic rings. The number of hydrogen-bond donors (Lipinski definition) is 2. The Labute approximate surface area is 126 Å². The van der Waals surface area contributed by atoms with Crippen molar-refractivity contribution in [2.45, 2.75) is 6.43 Å². The molecule has 2 aromatic rings. The van der Waals surface area contributed by atoms with Crippen molar-refractivity contribution in [3.05, 3.63) is 50.9 Å². The van der Waals surface area contributed by atoms with Gasteiger partial charge < -0.3 is 11.1 Å². The molecule has 100 valence electrons. The fourth-order valence-electron chi connectivity index (χ4n) is 1.61. The lowest BCUT2D eigenvalue weighted by Gasteiger charge is -2.14. The maximum Gasteiger partial charge on any atom is 0.265 e. The summed E-state index contributed by atoms with van der Waals surface area (Å²) in [7, 11) is 0. The molecule has 0 bridgehead atoms. The molecule has 2 aromatic carbocycles. The standard InChI is InChI=1S/C13H10Br2F2N2/c14-7-1-3-10(15)12(5-7)19-11-4-2-8(18)6-9(11)13(16)17/h1-6,13,19H,18H2. The monoisotopic (exact) mass is 390 g/mol. The Morgan fingerprint density at radius 2 is 1.74 bits per heavy atom. The van der Waals surface area contributed by atoms with E-state index in [9.17, 15) is 8.78 Å². The van der Waals surface area contributed by atoms with Crippen molar-refractivity contribution in [3.8, 4) is 0 Å². The molecule has 2 nitrogen and oxygen atoms in total. The van der Waals surface area contributed by atoms with Crippen LogP contribution < -0.4 is 11.1 Å². The number of anilines is 3. The third-order valence-electron chi connectivity index (χ3n) is 2.51. The Hall–Kier alpha value is -1.14. The molecule has 0 unspecified atom stereocenters. The number of rotatable bonds is 3. The Balaban J connectivity index is 2.40. The van der Waals surface area contributed by atoms with Crippen LogP contribution in [0.5, 0.6) is 0 Å². The van der Waals surface area contributed by atoms with E-state index in [-0.39, 0.29) is 5.56 Å². The van der Waals surface area contributed by atoms with Gasteiger partial charge in [-0.05, 0) is 52.3 Å². The van der Waals surface area contributed by atoms with Gasteiger partial charge in [-0.25, -0.2) is 8.78 Å². The molecular formula is C13H10Br2F2N2. The average Bonchev–Trinajstić information content (AvgIpc) is 2.35. The fourth-order valence-corrected chi connectivity index (χ4v) is 2.32. The first-order chi connectivity index (χ1) is 8.97. The first-order valence-corrected chi connectivity index (χ1v) is 6.95. The van der Waals surface area contributed by atoms with Crippen molar-refractivity contribution in [2.24, 2.45) is 0 Å². The van der Waals surface area contributed by atoms with Crippen molar-refractivity contribution < 1.29 is 8.78 Å². The van der Waals surface area contributed by atoms with E-state index in [0.29, 0.717) is 17.1 Å². The van der Waals surface area contributed by atoms with Crippen LogP contribution in [0.25, 0.3) is 0 Å². The Morgan fingerprint density at radius 1 is 1.00 bits per heavy atom. The van der Waals surface area contributed by atoms with Crippen molar-refractivity contribution >= 4 is 48.9 Å². The molecule has 0 aliphatic carbocycles. The Bertz CT molecular complexity index is 603. The van der Waals surface area contributed by atoms with E-state index in [1.807, 2.05) is 12.1 Å². The maximum absolute atomic E-state index is 13.0. The summed E-state index contributed by atoms with van der Waals surface area (Å²) in [6.07, 6.45) is -2.59. The summed E-state index contributed by atoms with van der Waals surface area (Å²) in [5, 5.41) is 2.98. The van der Waals surface area contributed by atoms with Crippen LogP contribution in [-0.2, 0) is 0 Å². The van der Waals surface area contributed by atoms with Gasteiger partial charge in [-0.1, -0.05) is 15.9 Å². The largest absolute Gasteiger partial charge is 0.399 e. The van der Waals surface area contributed by atoms with Crippen LogP contribution in [0, 0.1) is 0 Å². The third-order valence-corrected chi connectivity index (χ3v) is 3.69. The minimum Gasteiger partial charge on any atom is -0.399 e. The van der Waals surface area contributed by atoms with E-state index < -0.39 is 6.43 Å². The minimum absolute atomic E-state index is 0.119. The number of alkyl halides is 2. The van der Waals surface area contributed by atoms with Gasteiger partial charge >= 0.3 is 0 Å². The number of nitrogen functional groups attached to an aromatic ring is 1. The predicted molar refractivity (Wildman–Crippen MR) is 80.9 cm³/mol. The van der Waals surface area contributed by atoms with E-state index in [2.05, 4.69) is 37.2 Å². The van der Waals surface area contributed by atoms with Crippen molar-refractivity contribution in [2.75, 3.05) is 11.1 Å². The molecule has 0 spiro atoms. The highest BCUT2D eigenvalue weighted by Gasteiger charge is 2.14. The molecule has 19 heavy (non-hydrogen) atoms. The summed E-state index contributed by atoms with van der Waals surface area (Å²) in [5.41, 5.74) is 6.76. The summed E-state index contributed by atoms with van der Waals surface area (Å²) in [5.74, 6) is 0. The molecule has 0 atom stereocenters. The predicted octanol–water partition coefficient (Wildman–Crippen LogP) is 5.48. The number of benzene rings is 2. The molecule has 0 aromatic heterocycles. The van der Waals surface area contributed by atoms with Gasteiger partial charge in [-0.15, -0.1) is 0 Å². The van der Waals surface area contributed by atoms with Crippen molar-refractivity contribution in [1.82, 2.24) is 0 Å². The molecule has 0 heterocycles. The second kappa shape index (κ2) is 5.88. The minimum atomic E-state index is -2.59. The molecule has 0 saturated carbocycles. The quantitative estimate of drug-likeness (QED) is 0.680. The Morgan fingerprint density at radius 3 is 2.42 bits per heavy atom. The molecular weight excluding hydrogens is 382 g/mol. The van der Waals surface area contributed by atoms with Gasteiger partial charge in [0.1, 0.15) is 0 Å². The highest BCUT2D eigenvalue weighted by Crippen LogP contribution is 2.34. The number of halogens is 4. The van der Waals surface area contributed by atoms with E-state index in [4.69, 9.17) is 5.73 Å². The van der Waals surface area contributed by atoms with E-state index in [1.165, 1.54) is 6.07 Å². The summed E-state index contributed by atoms with van der Waals surface area (Å²) >= 11 is 6.71. The van der Waals surface area contributed by atoms with Gasteiger partial charge in [0.05, 0.1) is 5.69 Å². The van der Waals surface area contributed by atoms with Gasteiger partial charge in [0.2, 0.25) is 0 Å². The van der Waals surface area contributed by atoms with Gasteiger partial charge in [0, 0.05) is 25.9 Å². The first kappa shape index (κ1) is 14.3. The van der Waals surface area contributed by atoms with E-state index >= 15 is 0 Å². The van der Waals surface area contributed by atoms with Crippen LogP contribution in [0.15, 0.2) is 45.3 Å². The van der Waals surface area contributed by atoms with E-state index in [0.717, 1.165) is 8.95 Å². The van der Waals surface area contributed by atoms with Crippen LogP contribution in [0.2, 0.25) is 0 Å². The zero-order valence-corrected chi connectivity index (χ0v) is 12.8. The lowest BCUT2D eigenvalue weighted by Crippen LogP contribution is -1.99. The lowest BCUT2D eigenvalue weighted by atomic mass is 10.1. The van der Waals surface area contributed by atoms with Crippen LogP contribution in [0.1, 0.15) is 12.0 Å². The molecule has 0 radical (unpaired) electrons. The summed E-state index contributed by atoms with van der Waals surface area (Å²) in [4.78, 5) is 0. The van der Waals surface area contributed by atoms with Crippen LogP contribution in [-0.4, -0.2) is 0 Å². The van der Waals surface area contributed by atoms with Gasteiger partial charge in [-0.2, -0.15) is 0 Å². The zero-order valence-electron chi connectivity index (χ0n) is 9.63. The average molecular weight is 392 g/mol. The second-order valence-corrected chi connectivity index (χ2v) is 5.67. The molecule has 0 saturated heterocycles. The fraction of sp³-hybridized carbons (Fsp3) is 0.0769. The molecule has 2 rings (SSSR count). The Kier molecular flexibility index (Phi) is 4.42. The van der Waals surface area contributed by atoms with Crippen LogP contribution in [0.3, 0.4) is 0 Å². The van der Waals surface area contributed by atoms with Crippen molar-refractivity contribution in [3.63, 3.8) is 0 Å². The van der Waals surface area contributed by atoms with Crippen molar-refractivity contribution in [1.29, 1.82) is 0 Å². The first-order valence-electron chi connectivity index (χ1n) is 5.37. The van der Waals surface area contributed by atoms with Gasteiger partial charge in [-0.3, -0.25) is 0 Å². The zero-order chi connectivity index (χ0) is 14.0. The molecule has 3 N–H and O–H groups in total. The van der Waals surface area contributed by atoms with Gasteiger partial charge in [0.15, 0.2) is 0 Å². The smallest absolute Gasteiger partial charge is 0.265 e. The SMILES string of the molecule is Nc1ccc(Nc2cc(Br)ccc2Br)c(C(F)F)c1. The van der Waals surface area contributed by atoms with E-state index in [1.54, 1.807) is 18.2 Å². The molecule has 0 amide bonds. The number of nitrogens with two attached hydrogens (primary N) is 1. The topological polar surface area (TPSA) is 38.0 Å². The molecule has 6 heteroatoms. The molecule has 0 aliphatic heterocycles. The third kappa shape index (κ3) is 3.45. The second-order valence-electron chi connectivity index (χ2n) is 3.90. The van der Waals surface area contributed by atoms with Gasteiger partial charge in [0.25, 0.3) is 6.43 Å². The number of hydrogen-bond acceptors (Lipinski definition) is 2. The highest BCUT2D eigenvalue weighted by molar-refractivity contribution is 9.11. The highest BCUT2D eigenvalue weighted by atomic mass is 79.9. The maximum atomic E-state index is 13.0. The van der Waals surface area contributed by atoms with Crippen LogP contribution in [0.4, 0.5) is 25.8 Å². The lowest BCUT2D eigenvalue weighted by molar-refractivity contribution is 0.152. The normalized spacial score (nSPS) is 10.8. The number of nitrogens with one attached hydrogen (secondary N) is 1.